The highest BCUT2D eigenvalue weighted by Gasteiger charge is 2.27. The van der Waals surface area contributed by atoms with Crippen LogP contribution in [-0.2, 0) is 27.4 Å². The monoisotopic (exact) mass is 428 g/mol. The summed E-state index contributed by atoms with van der Waals surface area (Å²) in [5.74, 6) is -1.21. The summed E-state index contributed by atoms with van der Waals surface area (Å²) in [5.41, 5.74) is 2.27. The number of hydrogen-bond acceptors (Lipinski definition) is 6. The molecule has 0 aliphatic heterocycles. The maximum atomic E-state index is 12.6. The van der Waals surface area contributed by atoms with E-state index in [1.807, 2.05) is 36.4 Å². The Kier molecular flexibility index (Phi) is 6.97. The van der Waals surface area contributed by atoms with Crippen LogP contribution < -0.4 is 5.32 Å². The Labute approximate surface area is 176 Å². The second kappa shape index (κ2) is 9.46. The van der Waals surface area contributed by atoms with Gasteiger partial charge in [-0.3, -0.25) is 4.79 Å². The molecule has 30 heavy (non-hydrogen) atoms. The first-order chi connectivity index (χ1) is 14.3. The number of hydrogen-bond donors (Lipinski definition) is 3. The summed E-state index contributed by atoms with van der Waals surface area (Å²) >= 11 is 0. The van der Waals surface area contributed by atoms with Gasteiger partial charge in [0.05, 0.1) is 26.8 Å². The number of nitrogens with zero attached hydrogens (tertiary/aromatic N) is 1. The Morgan fingerprint density at radius 1 is 1.17 bits per heavy atom. The number of rotatable bonds is 8. The molecule has 2 aromatic carbocycles. The highest BCUT2D eigenvalue weighted by Crippen LogP contribution is 2.22. The summed E-state index contributed by atoms with van der Waals surface area (Å²) in [7, 11) is -2.72. The van der Waals surface area contributed by atoms with Crippen LogP contribution in [-0.4, -0.2) is 46.5 Å². The maximum Gasteiger partial charge on any atom is 0.475 e. The summed E-state index contributed by atoms with van der Waals surface area (Å²) < 4.78 is 22.1. The number of nitrogens with one attached hydrogen (secondary N) is 1. The van der Waals surface area contributed by atoms with E-state index in [9.17, 15) is 19.1 Å². The van der Waals surface area contributed by atoms with Gasteiger partial charge in [-0.15, -0.1) is 0 Å². The number of aryl methyl sites for hydroxylation is 1. The Bertz CT molecular complexity index is 1150. The molecular formula is C21H25BN2O5S. The Hall–Kier alpha value is -2.62. The van der Waals surface area contributed by atoms with Crippen LogP contribution in [0, 0.1) is 0 Å². The van der Waals surface area contributed by atoms with Crippen LogP contribution in [0.2, 0.25) is 0 Å². The molecule has 0 bridgehead atoms. The van der Waals surface area contributed by atoms with Gasteiger partial charge in [-0.1, -0.05) is 36.4 Å². The topological polar surface area (TPSA) is 112 Å². The fraction of sp³-hybridized carbons (Fsp3) is 0.286. The minimum absolute atomic E-state index is 0.117. The number of amides is 1. The Morgan fingerprint density at radius 3 is 2.60 bits per heavy atom. The molecule has 0 aliphatic carbocycles. The molecular weight excluding hydrogens is 403 g/mol. The predicted octanol–water partition coefficient (Wildman–Crippen LogP) is 2.19. The molecule has 2 unspecified atom stereocenters. The van der Waals surface area contributed by atoms with Crippen LogP contribution >= 0.6 is 0 Å². The molecule has 1 aromatic heterocycles. The number of fused-ring (bicyclic) bond motifs is 1. The third-order valence-electron chi connectivity index (χ3n) is 5.06. The van der Waals surface area contributed by atoms with Crippen LogP contribution in [0.15, 0.2) is 68.5 Å². The molecule has 0 aliphatic rings. The lowest BCUT2D eigenvalue weighted by atomic mass is 9.76. The molecule has 0 saturated heterocycles. The minimum atomic E-state index is -2.52. The molecule has 7 nitrogen and oxygen atoms in total. The predicted molar refractivity (Wildman–Crippen MR) is 117 cm³/mol. The number of para-hydroxylation sites is 1. The van der Waals surface area contributed by atoms with Crippen LogP contribution in [0.25, 0.3) is 11.0 Å². The standard InChI is InChI=1S/C21H25BN2O5S/c1-23-30(2,28)19-10-6-3-7-15(19)11-12-21(25)24-20(22(26)27)13-16-14-29-18-9-5-4-8-17(16)18/h3-10,14,20,26-27H,11-13H2,1-2H3,(H,24,25). The van der Waals surface area contributed by atoms with Crippen molar-refractivity contribution in [3.8, 4) is 0 Å². The van der Waals surface area contributed by atoms with Gasteiger partial charge in [0.15, 0.2) is 0 Å². The fourth-order valence-electron chi connectivity index (χ4n) is 3.36. The Balaban J connectivity index is 1.68. The third kappa shape index (κ3) is 5.10. The lowest BCUT2D eigenvalue weighted by Gasteiger charge is -2.18. The quantitative estimate of drug-likeness (QED) is 0.477. The zero-order valence-electron chi connectivity index (χ0n) is 16.9. The first kappa shape index (κ1) is 22.1. The molecule has 9 heteroatoms. The van der Waals surface area contributed by atoms with E-state index in [2.05, 4.69) is 9.68 Å². The highest BCUT2D eigenvalue weighted by atomic mass is 32.2. The molecule has 158 valence electrons. The normalized spacial score (nSPS) is 14.1. The van der Waals surface area contributed by atoms with Crippen LogP contribution in [0.4, 0.5) is 0 Å². The molecule has 1 heterocycles. The van der Waals surface area contributed by atoms with E-state index in [4.69, 9.17) is 4.42 Å². The van der Waals surface area contributed by atoms with Crippen molar-refractivity contribution in [2.24, 2.45) is 4.36 Å². The van der Waals surface area contributed by atoms with Crippen molar-refractivity contribution in [1.82, 2.24) is 5.32 Å². The number of benzene rings is 2. The van der Waals surface area contributed by atoms with E-state index in [1.54, 1.807) is 24.7 Å². The molecule has 0 saturated carbocycles. The van der Waals surface area contributed by atoms with Gasteiger partial charge in [-0.05, 0) is 36.1 Å². The van der Waals surface area contributed by atoms with Crippen molar-refractivity contribution >= 4 is 33.7 Å². The van der Waals surface area contributed by atoms with Crippen molar-refractivity contribution in [3.63, 3.8) is 0 Å². The zero-order chi connectivity index (χ0) is 21.7. The lowest BCUT2D eigenvalue weighted by molar-refractivity contribution is -0.121. The largest absolute Gasteiger partial charge is 0.475 e. The van der Waals surface area contributed by atoms with E-state index < -0.39 is 22.8 Å². The van der Waals surface area contributed by atoms with E-state index in [-0.39, 0.29) is 18.7 Å². The fourth-order valence-corrected chi connectivity index (χ4v) is 4.55. The van der Waals surface area contributed by atoms with E-state index >= 15 is 0 Å². The van der Waals surface area contributed by atoms with Crippen molar-refractivity contribution in [2.75, 3.05) is 13.3 Å². The van der Waals surface area contributed by atoms with Gasteiger partial charge in [0.25, 0.3) is 0 Å². The molecule has 3 N–H and O–H groups in total. The SMILES string of the molecule is CN=S(C)(=O)c1ccccc1CCC(=O)NC(Cc1coc2ccccc12)B(O)O. The summed E-state index contributed by atoms with van der Waals surface area (Å²) in [4.78, 5) is 13.1. The van der Waals surface area contributed by atoms with Gasteiger partial charge < -0.3 is 19.8 Å². The van der Waals surface area contributed by atoms with Gasteiger partial charge in [0.1, 0.15) is 5.58 Å². The third-order valence-corrected chi connectivity index (χ3v) is 6.97. The molecule has 3 rings (SSSR count). The summed E-state index contributed by atoms with van der Waals surface area (Å²) in [6, 6.07) is 14.6. The van der Waals surface area contributed by atoms with Crippen LogP contribution in [0.5, 0.6) is 0 Å². The molecule has 3 aromatic rings. The first-order valence-corrected chi connectivity index (χ1v) is 11.5. The van der Waals surface area contributed by atoms with Gasteiger partial charge >= 0.3 is 7.12 Å². The van der Waals surface area contributed by atoms with E-state index in [1.165, 1.54) is 7.05 Å². The molecule has 1 amide bonds. The molecule has 0 radical (unpaired) electrons. The summed E-state index contributed by atoms with van der Waals surface area (Å²) in [6.07, 6.45) is 3.83. The van der Waals surface area contributed by atoms with Crippen LogP contribution in [0.3, 0.4) is 0 Å². The molecule has 0 spiro atoms. The number of carbonyl (C=O) groups excluding carboxylic acids is 1. The van der Waals surface area contributed by atoms with Crippen molar-refractivity contribution in [2.45, 2.75) is 30.1 Å². The first-order valence-electron chi connectivity index (χ1n) is 9.60. The second-order valence-corrected chi connectivity index (χ2v) is 9.55. The second-order valence-electron chi connectivity index (χ2n) is 7.14. The van der Waals surface area contributed by atoms with Crippen molar-refractivity contribution < 1.29 is 23.5 Å². The minimum Gasteiger partial charge on any atom is -0.464 e. The highest BCUT2D eigenvalue weighted by molar-refractivity contribution is 7.93. The summed E-state index contributed by atoms with van der Waals surface area (Å²) in [5, 5.41) is 23.1. The van der Waals surface area contributed by atoms with Gasteiger partial charge in [0, 0.05) is 25.1 Å². The van der Waals surface area contributed by atoms with Gasteiger partial charge in [-0.25, -0.2) is 8.57 Å². The Morgan fingerprint density at radius 2 is 1.87 bits per heavy atom. The molecule has 2 atom stereocenters. The number of carbonyl (C=O) groups is 1. The van der Waals surface area contributed by atoms with E-state index in [0.717, 1.165) is 16.5 Å². The van der Waals surface area contributed by atoms with Gasteiger partial charge in [-0.2, -0.15) is 0 Å². The number of furan rings is 1. The lowest BCUT2D eigenvalue weighted by Crippen LogP contribution is -2.47. The molecule has 0 fully saturated rings. The smallest absolute Gasteiger partial charge is 0.464 e. The van der Waals surface area contributed by atoms with Gasteiger partial charge in [0.2, 0.25) is 5.91 Å². The average molecular weight is 428 g/mol. The van der Waals surface area contributed by atoms with Crippen LogP contribution in [0.1, 0.15) is 17.5 Å². The summed E-state index contributed by atoms with van der Waals surface area (Å²) in [6.45, 7) is 0. The van der Waals surface area contributed by atoms with Crippen molar-refractivity contribution in [1.29, 1.82) is 0 Å². The van der Waals surface area contributed by atoms with E-state index in [0.29, 0.717) is 16.9 Å². The average Bonchev–Trinajstić information content (AvgIpc) is 3.15. The van der Waals surface area contributed by atoms with Crippen molar-refractivity contribution in [3.05, 3.63) is 65.9 Å². The zero-order valence-corrected chi connectivity index (χ0v) is 17.8. The maximum absolute atomic E-state index is 12.6.